The Bertz CT molecular complexity index is 670. The average molecular weight is 418 g/mol. The van der Waals surface area contributed by atoms with Gasteiger partial charge in [-0.3, -0.25) is 10.1 Å². The molecule has 104 valence electrons. The highest BCUT2D eigenvalue weighted by Crippen LogP contribution is 2.23. The van der Waals surface area contributed by atoms with Crippen molar-refractivity contribution in [3.05, 3.63) is 50.8 Å². The minimum atomic E-state index is -0.406. The van der Waals surface area contributed by atoms with Crippen LogP contribution in [0.5, 0.6) is 0 Å². The zero-order valence-corrected chi connectivity index (χ0v) is 14.4. The molecular weight excluding hydrogens is 408 g/mol. The van der Waals surface area contributed by atoms with Crippen LogP contribution in [0.15, 0.2) is 43.9 Å². The van der Waals surface area contributed by atoms with Gasteiger partial charge in [0.2, 0.25) is 0 Å². The molecule has 0 atom stereocenters. The normalized spacial score (nSPS) is 10.2. The lowest BCUT2D eigenvalue weighted by atomic mass is 10.2. The first-order valence-corrected chi connectivity index (χ1v) is 7.59. The molecule has 0 unspecified atom stereocenters. The lowest BCUT2D eigenvalue weighted by Gasteiger charge is -2.10. The third-order valence-electron chi connectivity index (χ3n) is 2.40. The second-order valence-corrected chi connectivity index (χ2v) is 6.04. The van der Waals surface area contributed by atoms with Gasteiger partial charge in [-0.1, -0.05) is 6.07 Å². The summed E-state index contributed by atoms with van der Waals surface area (Å²) in [5, 5.41) is 5.69. The molecule has 1 aromatic heterocycles. The van der Waals surface area contributed by atoms with Crippen molar-refractivity contribution in [2.75, 3.05) is 5.32 Å². The molecule has 2 N–H and O–H groups in total. The fourth-order valence-electron chi connectivity index (χ4n) is 1.48. The Kier molecular flexibility index (Phi) is 4.95. The molecule has 0 bridgehead atoms. The summed E-state index contributed by atoms with van der Waals surface area (Å²) >= 11 is 11.7. The molecule has 0 aliphatic carbocycles. The maximum atomic E-state index is 11.8. The smallest absolute Gasteiger partial charge is 0.293 e. The van der Waals surface area contributed by atoms with Crippen molar-refractivity contribution in [2.45, 2.75) is 6.92 Å². The maximum absolute atomic E-state index is 11.8. The van der Waals surface area contributed by atoms with Crippen molar-refractivity contribution in [1.82, 2.24) is 5.32 Å². The molecule has 0 aliphatic heterocycles. The van der Waals surface area contributed by atoms with Gasteiger partial charge in [0, 0.05) is 4.47 Å². The van der Waals surface area contributed by atoms with Crippen LogP contribution in [-0.4, -0.2) is 11.0 Å². The van der Waals surface area contributed by atoms with E-state index < -0.39 is 5.91 Å². The molecule has 0 spiro atoms. The molecule has 0 saturated carbocycles. The van der Waals surface area contributed by atoms with E-state index in [0.29, 0.717) is 4.67 Å². The predicted octanol–water partition coefficient (Wildman–Crippen LogP) is 4.24. The van der Waals surface area contributed by atoms with Gasteiger partial charge < -0.3 is 9.73 Å². The Morgan fingerprint density at radius 2 is 2.00 bits per heavy atom. The van der Waals surface area contributed by atoms with Crippen LogP contribution in [0.1, 0.15) is 16.1 Å². The molecule has 7 heteroatoms. The largest absolute Gasteiger partial charge is 0.444 e. The van der Waals surface area contributed by atoms with E-state index in [-0.39, 0.29) is 10.9 Å². The summed E-state index contributed by atoms with van der Waals surface area (Å²) < 4.78 is 6.50. The third kappa shape index (κ3) is 3.91. The van der Waals surface area contributed by atoms with Crippen LogP contribution in [0.25, 0.3) is 0 Å². The first kappa shape index (κ1) is 15.2. The standard InChI is InChI=1S/C13H10Br2N2O2S/c1-7-2-3-9(8(14)6-7)16-13(20)17-12(18)10-4-5-11(15)19-10/h2-6H,1H3,(H2,16,17,18,20). The molecule has 2 aromatic rings. The molecule has 1 heterocycles. The van der Waals surface area contributed by atoms with Crippen LogP contribution in [-0.2, 0) is 0 Å². The highest BCUT2D eigenvalue weighted by molar-refractivity contribution is 9.10. The van der Waals surface area contributed by atoms with Crippen LogP contribution >= 0.6 is 44.1 Å². The van der Waals surface area contributed by atoms with E-state index in [1.165, 1.54) is 0 Å². The number of benzene rings is 1. The Hall–Kier alpha value is -1.18. The van der Waals surface area contributed by atoms with Crippen molar-refractivity contribution >= 4 is 60.8 Å². The fourth-order valence-corrected chi connectivity index (χ4v) is 2.58. The molecule has 0 saturated heterocycles. The molecule has 4 nitrogen and oxygen atoms in total. The topological polar surface area (TPSA) is 54.3 Å². The van der Waals surface area contributed by atoms with Crippen LogP contribution in [0.3, 0.4) is 0 Å². The summed E-state index contributed by atoms with van der Waals surface area (Å²) in [6, 6.07) is 8.98. The Balaban J connectivity index is 2.00. The number of halogens is 2. The van der Waals surface area contributed by atoms with Gasteiger partial charge in [0.1, 0.15) is 0 Å². The lowest BCUT2D eigenvalue weighted by molar-refractivity contribution is 0.0949. The van der Waals surface area contributed by atoms with E-state index in [4.69, 9.17) is 16.6 Å². The number of nitrogens with one attached hydrogen (secondary N) is 2. The second-order valence-electron chi connectivity index (χ2n) is 4.00. The highest BCUT2D eigenvalue weighted by Gasteiger charge is 2.12. The Morgan fingerprint density at radius 3 is 2.60 bits per heavy atom. The van der Waals surface area contributed by atoms with E-state index in [1.54, 1.807) is 12.1 Å². The Labute approximate surface area is 138 Å². The quantitative estimate of drug-likeness (QED) is 0.717. The number of carbonyl (C=O) groups excluding carboxylic acids is 1. The summed E-state index contributed by atoms with van der Waals surface area (Å²) in [6.45, 7) is 1.99. The molecule has 2 rings (SSSR count). The van der Waals surface area contributed by atoms with Gasteiger partial charge in [-0.05, 0) is 80.8 Å². The summed E-state index contributed by atoms with van der Waals surface area (Å²) in [7, 11) is 0. The van der Waals surface area contributed by atoms with Crippen LogP contribution in [0.4, 0.5) is 5.69 Å². The van der Waals surface area contributed by atoms with Crippen LogP contribution in [0, 0.1) is 6.92 Å². The number of carbonyl (C=O) groups is 1. The highest BCUT2D eigenvalue weighted by atomic mass is 79.9. The summed E-state index contributed by atoms with van der Waals surface area (Å²) in [5.41, 5.74) is 1.90. The van der Waals surface area contributed by atoms with Crippen LogP contribution in [0.2, 0.25) is 0 Å². The number of hydrogen-bond donors (Lipinski definition) is 2. The number of amides is 1. The first-order chi connectivity index (χ1) is 9.45. The minimum Gasteiger partial charge on any atom is -0.444 e. The zero-order valence-electron chi connectivity index (χ0n) is 10.4. The second kappa shape index (κ2) is 6.51. The van der Waals surface area contributed by atoms with Crippen molar-refractivity contribution < 1.29 is 9.21 Å². The number of anilines is 1. The van der Waals surface area contributed by atoms with Gasteiger partial charge in [-0.2, -0.15) is 0 Å². The van der Waals surface area contributed by atoms with E-state index in [2.05, 4.69) is 42.5 Å². The molecule has 1 aromatic carbocycles. The van der Waals surface area contributed by atoms with Gasteiger partial charge in [-0.25, -0.2) is 0 Å². The van der Waals surface area contributed by atoms with Gasteiger partial charge >= 0.3 is 0 Å². The van der Waals surface area contributed by atoms with Crippen molar-refractivity contribution in [3.63, 3.8) is 0 Å². The van der Waals surface area contributed by atoms with Crippen molar-refractivity contribution in [3.8, 4) is 0 Å². The van der Waals surface area contributed by atoms with Crippen molar-refractivity contribution in [1.29, 1.82) is 0 Å². The van der Waals surface area contributed by atoms with E-state index in [0.717, 1.165) is 15.7 Å². The minimum absolute atomic E-state index is 0.184. The first-order valence-electron chi connectivity index (χ1n) is 5.59. The number of rotatable bonds is 2. The maximum Gasteiger partial charge on any atom is 0.293 e. The summed E-state index contributed by atoms with van der Waals surface area (Å²) in [4.78, 5) is 11.8. The average Bonchev–Trinajstić information content (AvgIpc) is 2.79. The van der Waals surface area contributed by atoms with E-state index in [9.17, 15) is 4.79 Å². The molecule has 20 heavy (non-hydrogen) atoms. The monoisotopic (exact) mass is 416 g/mol. The number of aryl methyl sites for hydroxylation is 1. The molecule has 0 aliphatic rings. The van der Waals surface area contributed by atoms with Crippen LogP contribution < -0.4 is 10.6 Å². The van der Waals surface area contributed by atoms with E-state index in [1.807, 2.05) is 25.1 Å². The zero-order chi connectivity index (χ0) is 14.7. The predicted molar refractivity (Wildman–Crippen MR) is 89.0 cm³/mol. The SMILES string of the molecule is Cc1ccc(NC(=S)NC(=O)c2ccc(Br)o2)c(Br)c1. The van der Waals surface area contributed by atoms with Crippen molar-refractivity contribution in [2.24, 2.45) is 0 Å². The number of furan rings is 1. The Morgan fingerprint density at radius 1 is 1.25 bits per heavy atom. The lowest BCUT2D eigenvalue weighted by Crippen LogP contribution is -2.33. The fraction of sp³-hybridized carbons (Fsp3) is 0.0769. The van der Waals surface area contributed by atoms with Gasteiger partial charge in [0.25, 0.3) is 5.91 Å². The summed E-state index contributed by atoms with van der Waals surface area (Å²) in [6.07, 6.45) is 0. The molecule has 1 amide bonds. The number of thiocarbonyl (C=S) groups is 1. The summed E-state index contributed by atoms with van der Waals surface area (Å²) in [5.74, 6) is -0.222. The number of hydrogen-bond acceptors (Lipinski definition) is 3. The van der Waals surface area contributed by atoms with Gasteiger partial charge in [-0.15, -0.1) is 0 Å². The molecule has 0 fully saturated rings. The molecular formula is C13H10Br2N2O2S. The van der Waals surface area contributed by atoms with E-state index >= 15 is 0 Å². The third-order valence-corrected chi connectivity index (χ3v) is 3.68. The van der Waals surface area contributed by atoms with Gasteiger partial charge in [0.05, 0.1) is 5.69 Å². The van der Waals surface area contributed by atoms with Gasteiger partial charge in [0.15, 0.2) is 15.5 Å². The molecule has 0 radical (unpaired) electrons.